The summed E-state index contributed by atoms with van der Waals surface area (Å²) in [5, 5.41) is 0. The molecule has 19 heavy (non-hydrogen) atoms. The second-order valence-corrected chi connectivity index (χ2v) is 4.39. The van der Waals surface area contributed by atoms with Crippen LogP contribution in [0.3, 0.4) is 0 Å². The standard InChI is InChI=1S/C11H16F3N5/c1-2-18-3-5-19(6-4-18)9-7-8(15)16-10(17-9)11(12,13)14/h7H,2-6H2,1H3,(H2,15,16,17). The Kier molecular flexibility index (Phi) is 3.79. The van der Waals surface area contributed by atoms with Crippen LogP contribution in [-0.4, -0.2) is 47.6 Å². The van der Waals surface area contributed by atoms with Gasteiger partial charge in [-0.2, -0.15) is 13.2 Å². The van der Waals surface area contributed by atoms with E-state index in [2.05, 4.69) is 21.8 Å². The van der Waals surface area contributed by atoms with E-state index in [1.807, 2.05) is 0 Å². The molecular weight excluding hydrogens is 259 g/mol. The number of alkyl halides is 3. The molecule has 1 saturated heterocycles. The molecule has 0 unspecified atom stereocenters. The summed E-state index contributed by atoms with van der Waals surface area (Å²) < 4.78 is 37.9. The third-order valence-corrected chi connectivity index (χ3v) is 3.13. The Labute approximate surface area is 109 Å². The van der Waals surface area contributed by atoms with Crippen LogP contribution in [0, 0.1) is 0 Å². The molecule has 0 spiro atoms. The van der Waals surface area contributed by atoms with Crippen molar-refractivity contribution in [1.29, 1.82) is 0 Å². The lowest BCUT2D eigenvalue weighted by atomic mass is 10.3. The van der Waals surface area contributed by atoms with E-state index in [4.69, 9.17) is 5.73 Å². The third kappa shape index (κ3) is 3.25. The Bertz CT molecular complexity index is 440. The number of halogens is 3. The Morgan fingerprint density at radius 2 is 1.84 bits per heavy atom. The van der Waals surface area contributed by atoms with E-state index in [-0.39, 0.29) is 11.6 Å². The molecule has 2 N–H and O–H groups in total. The summed E-state index contributed by atoms with van der Waals surface area (Å²) in [4.78, 5) is 10.8. The number of anilines is 2. The van der Waals surface area contributed by atoms with Crippen LogP contribution in [0.1, 0.15) is 12.7 Å². The van der Waals surface area contributed by atoms with Gasteiger partial charge in [-0.3, -0.25) is 0 Å². The SMILES string of the molecule is CCN1CCN(c2cc(N)nc(C(F)(F)F)n2)CC1. The number of aromatic nitrogens is 2. The number of hydrogen-bond acceptors (Lipinski definition) is 5. The first kappa shape index (κ1) is 13.9. The Morgan fingerprint density at radius 1 is 1.21 bits per heavy atom. The first-order chi connectivity index (χ1) is 8.90. The fourth-order valence-electron chi connectivity index (χ4n) is 2.03. The van der Waals surface area contributed by atoms with E-state index in [0.717, 1.165) is 19.6 Å². The highest BCUT2D eigenvalue weighted by Crippen LogP contribution is 2.28. The minimum absolute atomic E-state index is 0.157. The molecule has 1 fully saturated rings. The maximum absolute atomic E-state index is 12.6. The van der Waals surface area contributed by atoms with Crippen LogP contribution in [0.15, 0.2) is 6.07 Å². The predicted molar refractivity (Wildman–Crippen MR) is 65.8 cm³/mol. The molecule has 1 aliphatic heterocycles. The summed E-state index contributed by atoms with van der Waals surface area (Å²) in [6.45, 7) is 5.89. The van der Waals surface area contributed by atoms with Crippen molar-refractivity contribution in [1.82, 2.24) is 14.9 Å². The van der Waals surface area contributed by atoms with Gasteiger partial charge in [0.25, 0.3) is 0 Å². The maximum Gasteiger partial charge on any atom is 0.451 e. The molecule has 0 amide bonds. The van der Waals surface area contributed by atoms with Gasteiger partial charge >= 0.3 is 6.18 Å². The number of likely N-dealkylation sites (N-methyl/N-ethyl adjacent to an activating group) is 1. The molecule has 2 heterocycles. The van der Waals surface area contributed by atoms with Crippen LogP contribution < -0.4 is 10.6 Å². The summed E-state index contributed by atoms with van der Waals surface area (Å²) in [7, 11) is 0. The minimum Gasteiger partial charge on any atom is -0.384 e. The lowest BCUT2D eigenvalue weighted by Gasteiger charge is -2.34. The molecule has 0 radical (unpaired) electrons. The number of nitrogens with zero attached hydrogens (tertiary/aromatic N) is 4. The molecule has 1 aromatic heterocycles. The van der Waals surface area contributed by atoms with Crippen molar-refractivity contribution < 1.29 is 13.2 Å². The zero-order valence-corrected chi connectivity index (χ0v) is 10.6. The van der Waals surface area contributed by atoms with Gasteiger partial charge in [0.1, 0.15) is 11.6 Å². The van der Waals surface area contributed by atoms with Crippen molar-refractivity contribution >= 4 is 11.6 Å². The van der Waals surface area contributed by atoms with Crippen molar-refractivity contribution in [2.24, 2.45) is 0 Å². The van der Waals surface area contributed by atoms with E-state index < -0.39 is 12.0 Å². The monoisotopic (exact) mass is 275 g/mol. The average Bonchev–Trinajstić information content (AvgIpc) is 2.37. The predicted octanol–water partition coefficient (Wildman–Crippen LogP) is 1.22. The smallest absolute Gasteiger partial charge is 0.384 e. The lowest BCUT2D eigenvalue weighted by Crippen LogP contribution is -2.46. The van der Waals surface area contributed by atoms with Crippen molar-refractivity contribution in [3.05, 3.63) is 11.9 Å². The second kappa shape index (κ2) is 5.20. The van der Waals surface area contributed by atoms with Gasteiger partial charge in [0.05, 0.1) is 0 Å². The number of hydrogen-bond donors (Lipinski definition) is 1. The van der Waals surface area contributed by atoms with E-state index in [1.165, 1.54) is 6.07 Å². The number of piperazine rings is 1. The molecule has 1 aliphatic rings. The summed E-state index contributed by atoms with van der Waals surface area (Å²) in [5.41, 5.74) is 5.43. The molecule has 0 saturated carbocycles. The Morgan fingerprint density at radius 3 is 2.37 bits per heavy atom. The van der Waals surface area contributed by atoms with E-state index in [1.54, 1.807) is 4.90 Å². The van der Waals surface area contributed by atoms with Gasteiger partial charge in [-0.05, 0) is 6.54 Å². The largest absolute Gasteiger partial charge is 0.451 e. The van der Waals surface area contributed by atoms with Crippen LogP contribution in [0.4, 0.5) is 24.8 Å². The van der Waals surface area contributed by atoms with Crippen molar-refractivity contribution in [2.75, 3.05) is 43.4 Å². The lowest BCUT2D eigenvalue weighted by molar-refractivity contribution is -0.144. The molecule has 106 valence electrons. The molecular formula is C11H16F3N5. The first-order valence-electron chi connectivity index (χ1n) is 6.09. The molecule has 8 heteroatoms. The summed E-state index contributed by atoms with van der Waals surface area (Å²) >= 11 is 0. The van der Waals surface area contributed by atoms with Crippen LogP contribution in [0.25, 0.3) is 0 Å². The summed E-state index contributed by atoms with van der Waals surface area (Å²) in [5.74, 6) is -1.09. The van der Waals surface area contributed by atoms with Crippen LogP contribution >= 0.6 is 0 Å². The van der Waals surface area contributed by atoms with Gasteiger partial charge < -0.3 is 15.5 Å². The topological polar surface area (TPSA) is 58.3 Å². The normalized spacial score (nSPS) is 17.8. The van der Waals surface area contributed by atoms with Gasteiger partial charge in [-0.25, -0.2) is 9.97 Å². The number of nitrogens with two attached hydrogens (primary N) is 1. The van der Waals surface area contributed by atoms with Crippen LogP contribution in [0.5, 0.6) is 0 Å². The molecule has 0 atom stereocenters. The molecule has 2 rings (SSSR count). The molecule has 1 aromatic rings. The van der Waals surface area contributed by atoms with Crippen LogP contribution in [0.2, 0.25) is 0 Å². The summed E-state index contributed by atoms with van der Waals surface area (Å²) in [6.07, 6.45) is -4.57. The van der Waals surface area contributed by atoms with Crippen molar-refractivity contribution in [3.8, 4) is 0 Å². The van der Waals surface area contributed by atoms with Crippen molar-refractivity contribution in [3.63, 3.8) is 0 Å². The van der Waals surface area contributed by atoms with Gasteiger partial charge in [-0.1, -0.05) is 6.92 Å². The average molecular weight is 275 g/mol. The number of rotatable bonds is 2. The molecule has 0 bridgehead atoms. The highest BCUT2D eigenvalue weighted by atomic mass is 19.4. The Balaban J connectivity index is 2.19. The quantitative estimate of drug-likeness (QED) is 0.879. The van der Waals surface area contributed by atoms with Gasteiger partial charge in [0, 0.05) is 32.2 Å². The first-order valence-corrected chi connectivity index (χ1v) is 6.09. The molecule has 0 aromatic carbocycles. The second-order valence-electron chi connectivity index (χ2n) is 4.39. The van der Waals surface area contributed by atoms with Gasteiger partial charge in [-0.15, -0.1) is 0 Å². The maximum atomic E-state index is 12.6. The van der Waals surface area contributed by atoms with E-state index >= 15 is 0 Å². The number of nitrogen functional groups attached to an aromatic ring is 1. The summed E-state index contributed by atoms with van der Waals surface area (Å²) in [6, 6.07) is 1.39. The molecule has 5 nitrogen and oxygen atoms in total. The zero-order valence-electron chi connectivity index (χ0n) is 10.6. The Hall–Kier alpha value is -1.57. The van der Waals surface area contributed by atoms with Crippen molar-refractivity contribution in [2.45, 2.75) is 13.1 Å². The highest BCUT2D eigenvalue weighted by molar-refractivity contribution is 5.47. The fourth-order valence-corrected chi connectivity index (χ4v) is 2.03. The van der Waals surface area contributed by atoms with E-state index in [0.29, 0.717) is 13.1 Å². The minimum atomic E-state index is -4.57. The van der Waals surface area contributed by atoms with Crippen LogP contribution in [-0.2, 0) is 6.18 Å². The molecule has 0 aliphatic carbocycles. The third-order valence-electron chi connectivity index (χ3n) is 3.13. The van der Waals surface area contributed by atoms with Gasteiger partial charge in [0.15, 0.2) is 0 Å². The highest BCUT2D eigenvalue weighted by Gasteiger charge is 2.35. The zero-order chi connectivity index (χ0) is 14.0. The van der Waals surface area contributed by atoms with Gasteiger partial charge in [0.2, 0.25) is 5.82 Å². The fraction of sp³-hybridized carbons (Fsp3) is 0.636. The van der Waals surface area contributed by atoms with E-state index in [9.17, 15) is 13.2 Å².